The molecule has 3 aromatic carbocycles. The molecule has 1 heteroatoms. The van der Waals surface area contributed by atoms with Gasteiger partial charge in [0, 0.05) is 28.9 Å². The fourth-order valence-corrected chi connectivity index (χ4v) is 3.40. The number of rotatable bonds is 1. The standard InChI is InChI=1S/C16H17N.C8H10.C2H6.C2H4/c1-4-12-10-16-14(9-11(12)2)13-7-5-6-8-15(13)17(16)3;1-7-5-3-4-6-8(7)2;2*1-2/h5-10H,4H2,1-3H3;3-6H,1-2H3;1-2H3;1-2H2. The number of hydrogen-bond donors (Lipinski definition) is 0. The zero-order chi connectivity index (χ0) is 22.0. The Bertz CT molecular complexity index is 1020. The minimum Gasteiger partial charge on any atom is -0.344 e. The second kappa shape index (κ2) is 11.9. The van der Waals surface area contributed by atoms with Crippen LogP contribution >= 0.6 is 0 Å². The first-order valence-corrected chi connectivity index (χ1v) is 10.5. The van der Waals surface area contributed by atoms with Gasteiger partial charge in [-0.25, -0.2) is 0 Å². The van der Waals surface area contributed by atoms with Crippen LogP contribution in [-0.2, 0) is 13.5 Å². The Morgan fingerprint density at radius 3 is 1.72 bits per heavy atom. The monoisotopic (exact) mass is 387 g/mol. The Morgan fingerprint density at radius 2 is 1.21 bits per heavy atom. The number of aryl methyl sites for hydroxylation is 5. The van der Waals surface area contributed by atoms with Crippen LogP contribution in [-0.4, -0.2) is 4.57 Å². The molecule has 4 aromatic rings. The van der Waals surface area contributed by atoms with Crippen molar-refractivity contribution in [3.8, 4) is 0 Å². The van der Waals surface area contributed by atoms with Gasteiger partial charge in [0.1, 0.15) is 0 Å². The van der Waals surface area contributed by atoms with Gasteiger partial charge >= 0.3 is 0 Å². The molecule has 0 bridgehead atoms. The summed E-state index contributed by atoms with van der Waals surface area (Å²) >= 11 is 0. The molecule has 0 fully saturated rings. The molecule has 0 radical (unpaired) electrons. The lowest BCUT2D eigenvalue weighted by molar-refractivity contribution is 1.01. The third kappa shape index (κ3) is 5.60. The van der Waals surface area contributed by atoms with E-state index in [0.29, 0.717) is 0 Å². The van der Waals surface area contributed by atoms with Crippen molar-refractivity contribution in [2.75, 3.05) is 0 Å². The van der Waals surface area contributed by atoms with Gasteiger partial charge < -0.3 is 4.57 Å². The number of nitrogens with zero attached hydrogens (tertiary/aromatic N) is 1. The van der Waals surface area contributed by atoms with Crippen LogP contribution in [0.25, 0.3) is 21.8 Å². The molecule has 0 aliphatic carbocycles. The maximum Gasteiger partial charge on any atom is 0.0491 e. The van der Waals surface area contributed by atoms with Crippen molar-refractivity contribution in [2.45, 2.75) is 48.0 Å². The zero-order valence-electron chi connectivity index (χ0n) is 19.3. The summed E-state index contributed by atoms with van der Waals surface area (Å²) in [6, 6.07) is 21.6. The molecule has 4 rings (SSSR count). The molecule has 1 aromatic heterocycles. The quantitative estimate of drug-likeness (QED) is 0.289. The predicted molar refractivity (Wildman–Crippen MR) is 133 cm³/mol. The van der Waals surface area contributed by atoms with E-state index in [9.17, 15) is 0 Å². The number of benzene rings is 3. The van der Waals surface area contributed by atoms with E-state index < -0.39 is 0 Å². The second-order valence-electron chi connectivity index (χ2n) is 6.81. The van der Waals surface area contributed by atoms with Crippen LogP contribution in [0, 0.1) is 20.8 Å². The van der Waals surface area contributed by atoms with Crippen LogP contribution < -0.4 is 0 Å². The van der Waals surface area contributed by atoms with E-state index in [4.69, 9.17) is 0 Å². The molecule has 29 heavy (non-hydrogen) atoms. The molecular formula is C28H37N. The van der Waals surface area contributed by atoms with Gasteiger partial charge in [0.2, 0.25) is 0 Å². The van der Waals surface area contributed by atoms with E-state index in [1.165, 1.54) is 44.1 Å². The fraction of sp³-hybridized carbons (Fsp3) is 0.286. The molecule has 1 nitrogen and oxygen atoms in total. The molecule has 0 aliphatic heterocycles. The lowest BCUT2D eigenvalue weighted by Gasteiger charge is -2.04. The highest BCUT2D eigenvalue weighted by Crippen LogP contribution is 2.30. The fourth-order valence-electron chi connectivity index (χ4n) is 3.40. The Kier molecular flexibility index (Phi) is 9.96. The first-order chi connectivity index (χ1) is 14.0. The van der Waals surface area contributed by atoms with Gasteiger partial charge in [-0.05, 0) is 67.6 Å². The maximum atomic E-state index is 3.00. The highest BCUT2D eigenvalue weighted by Gasteiger charge is 2.09. The molecule has 0 saturated heterocycles. The first kappa shape index (κ1) is 24.2. The van der Waals surface area contributed by atoms with Crippen molar-refractivity contribution in [3.63, 3.8) is 0 Å². The third-order valence-corrected chi connectivity index (χ3v) is 5.18. The predicted octanol–water partition coefficient (Wildman–Crippen LogP) is 8.33. The zero-order valence-corrected chi connectivity index (χ0v) is 19.3. The molecule has 0 atom stereocenters. The van der Waals surface area contributed by atoms with Gasteiger partial charge in [-0.15, -0.1) is 13.2 Å². The Balaban J connectivity index is 0.000000296. The molecule has 0 aliphatic rings. The number of fused-ring (bicyclic) bond motifs is 3. The summed E-state index contributed by atoms with van der Waals surface area (Å²) in [4.78, 5) is 0. The molecule has 0 spiro atoms. The van der Waals surface area contributed by atoms with Crippen LogP contribution in [0.3, 0.4) is 0 Å². The van der Waals surface area contributed by atoms with Crippen LogP contribution in [0.15, 0.2) is 73.8 Å². The van der Waals surface area contributed by atoms with Crippen molar-refractivity contribution < 1.29 is 0 Å². The Labute approximate surface area is 177 Å². The summed E-state index contributed by atoms with van der Waals surface area (Å²) in [5, 5.41) is 2.73. The van der Waals surface area contributed by atoms with Crippen molar-refractivity contribution in [1.82, 2.24) is 4.57 Å². The van der Waals surface area contributed by atoms with Gasteiger partial charge in [-0.1, -0.05) is 63.2 Å². The van der Waals surface area contributed by atoms with Gasteiger partial charge in [0.05, 0.1) is 0 Å². The summed E-state index contributed by atoms with van der Waals surface area (Å²) < 4.78 is 2.29. The van der Waals surface area contributed by atoms with E-state index in [1.807, 2.05) is 13.8 Å². The lowest BCUT2D eigenvalue weighted by Crippen LogP contribution is -1.90. The van der Waals surface area contributed by atoms with Crippen LogP contribution in [0.4, 0.5) is 0 Å². The third-order valence-electron chi connectivity index (χ3n) is 5.18. The largest absolute Gasteiger partial charge is 0.344 e. The first-order valence-electron chi connectivity index (χ1n) is 10.5. The number of aromatic nitrogens is 1. The summed E-state index contributed by atoms with van der Waals surface area (Å²) in [5.41, 5.74) is 8.24. The normalized spacial score (nSPS) is 9.62. The van der Waals surface area contributed by atoms with Gasteiger partial charge in [0.25, 0.3) is 0 Å². The summed E-state index contributed by atoms with van der Waals surface area (Å²) in [6.45, 7) is 18.7. The summed E-state index contributed by atoms with van der Waals surface area (Å²) in [7, 11) is 2.15. The number of hydrogen-bond acceptors (Lipinski definition) is 0. The topological polar surface area (TPSA) is 4.93 Å². The second-order valence-corrected chi connectivity index (χ2v) is 6.81. The van der Waals surface area contributed by atoms with Crippen molar-refractivity contribution in [2.24, 2.45) is 7.05 Å². The highest BCUT2D eigenvalue weighted by atomic mass is 14.9. The Hall–Kier alpha value is -2.80. The summed E-state index contributed by atoms with van der Waals surface area (Å²) in [6.07, 6.45) is 1.10. The van der Waals surface area contributed by atoms with E-state index in [1.54, 1.807) is 0 Å². The number of para-hydroxylation sites is 1. The van der Waals surface area contributed by atoms with Gasteiger partial charge in [-0.2, -0.15) is 0 Å². The van der Waals surface area contributed by atoms with Crippen LogP contribution in [0.1, 0.15) is 43.0 Å². The lowest BCUT2D eigenvalue weighted by atomic mass is 10.0. The van der Waals surface area contributed by atoms with E-state index in [2.05, 4.69) is 113 Å². The minimum atomic E-state index is 1.10. The smallest absolute Gasteiger partial charge is 0.0491 e. The Morgan fingerprint density at radius 1 is 0.690 bits per heavy atom. The van der Waals surface area contributed by atoms with Crippen LogP contribution in [0.2, 0.25) is 0 Å². The molecule has 0 amide bonds. The van der Waals surface area contributed by atoms with Gasteiger partial charge in [-0.3, -0.25) is 0 Å². The van der Waals surface area contributed by atoms with Crippen molar-refractivity contribution in [1.29, 1.82) is 0 Å². The molecular weight excluding hydrogens is 350 g/mol. The van der Waals surface area contributed by atoms with Crippen molar-refractivity contribution in [3.05, 3.63) is 96.1 Å². The van der Waals surface area contributed by atoms with E-state index in [0.717, 1.165) is 6.42 Å². The van der Waals surface area contributed by atoms with E-state index >= 15 is 0 Å². The minimum absolute atomic E-state index is 1.10. The molecule has 154 valence electrons. The van der Waals surface area contributed by atoms with Crippen molar-refractivity contribution >= 4 is 21.8 Å². The average Bonchev–Trinajstić information content (AvgIpc) is 3.04. The van der Waals surface area contributed by atoms with Gasteiger partial charge in [0.15, 0.2) is 0 Å². The molecule has 0 saturated carbocycles. The van der Waals surface area contributed by atoms with Crippen LogP contribution in [0.5, 0.6) is 0 Å². The highest BCUT2D eigenvalue weighted by molar-refractivity contribution is 6.08. The average molecular weight is 388 g/mol. The maximum absolute atomic E-state index is 3.00. The molecule has 1 heterocycles. The SMILES string of the molecule is C=C.CC.CCc1cc2c(cc1C)c1ccccc1n2C.Cc1ccccc1C. The van der Waals surface area contributed by atoms with E-state index in [-0.39, 0.29) is 0 Å². The molecule has 0 unspecified atom stereocenters. The summed E-state index contributed by atoms with van der Waals surface area (Å²) in [5.74, 6) is 0. The molecule has 0 N–H and O–H groups in total.